The average molecular weight is 245 g/mol. The van der Waals surface area contributed by atoms with E-state index in [1.807, 2.05) is 18.2 Å². The van der Waals surface area contributed by atoms with Crippen molar-refractivity contribution in [3.8, 4) is 5.75 Å². The molecule has 0 amide bonds. The highest BCUT2D eigenvalue weighted by Gasteiger charge is 2.32. The minimum absolute atomic E-state index is 0.265. The number of fused-ring (bicyclic) bond motifs is 1. The SMILES string of the molecule is NC1(Cc2cccs2)COc2ccccc2C1. The third-order valence-corrected chi connectivity index (χ3v) is 4.01. The minimum Gasteiger partial charge on any atom is -0.491 e. The molecular formula is C14H15NOS. The molecule has 0 saturated carbocycles. The fourth-order valence-electron chi connectivity index (χ4n) is 2.32. The van der Waals surface area contributed by atoms with Crippen molar-refractivity contribution in [3.05, 3.63) is 52.2 Å². The number of hydrogen-bond acceptors (Lipinski definition) is 3. The van der Waals surface area contributed by atoms with Crippen molar-refractivity contribution in [2.75, 3.05) is 6.61 Å². The van der Waals surface area contributed by atoms with Gasteiger partial charge in [-0.3, -0.25) is 0 Å². The van der Waals surface area contributed by atoms with Crippen LogP contribution in [-0.2, 0) is 12.8 Å². The van der Waals surface area contributed by atoms with Gasteiger partial charge < -0.3 is 10.5 Å². The van der Waals surface area contributed by atoms with Crippen LogP contribution in [0.5, 0.6) is 5.75 Å². The van der Waals surface area contributed by atoms with Crippen molar-refractivity contribution in [3.63, 3.8) is 0 Å². The molecule has 1 aromatic carbocycles. The summed E-state index contributed by atoms with van der Waals surface area (Å²) in [5.41, 5.74) is 7.40. The Kier molecular flexibility index (Phi) is 2.65. The summed E-state index contributed by atoms with van der Waals surface area (Å²) in [7, 11) is 0. The molecule has 0 bridgehead atoms. The summed E-state index contributed by atoms with van der Waals surface area (Å²) in [5, 5.41) is 2.09. The van der Waals surface area contributed by atoms with Crippen LogP contribution in [0.15, 0.2) is 41.8 Å². The Morgan fingerprint density at radius 2 is 2.12 bits per heavy atom. The highest BCUT2D eigenvalue weighted by atomic mass is 32.1. The van der Waals surface area contributed by atoms with E-state index in [1.54, 1.807) is 11.3 Å². The molecular weight excluding hydrogens is 230 g/mol. The van der Waals surface area contributed by atoms with Crippen LogP contribution in [-0.4, -0.2) is 12.1 Å². The Bertz CT molecular complexity index is 509. The maximum Gasteiger partial charge on any atom is 0.122 e. The molecule has 0 fully saturated rings. The topological polar surface area (TPSA) is 35.2 Å². The van der Waals surface area contributed by atoms with Gasteiger partial charge in [-0.25, -0.2) is 0 Å². The first-order valence-electron chi connectivity index (χ1n) is 5.77. The van der Waals surface area contributed by atoms with Crippen LogP contribution in [0.4, 0.5) is 0 Å². The fraction of sp³-hybridized carbons (Fsp3) is 0.286. The molecule has 2 nitrogen and oxygen atoms in total. The fourth-order valence-corrected chi connectivity index (χ4v) is 3.18. The highest BCUT2D eigenvalue weighted by Crippen LogP contribution is 2.30. The van der Waals surface area contributed by atoms with Crippen molar-refractivity contribution in [1.82, 2.24) is 0 Å². The first kappa shape index (κ1) is 10.8. The highest BCUT2D eigenvalue weighted by molar-refractivity contribution is 7.09. The molecule has 3 heteroatoms. The van der Waals surface area contributed by atoms with Crippen LogP contribution >= 0.6 is 11.3 Å². The summed E-state index contributed by atoms with van der Waals surface area (Å²) in [6.45, 7) is 0.599. The molecule has 0 spiro atoms. The van der Waals surface area contributed by atoms with Crippen LogP contribution in [0, 0.1) is 0 Å². The van der Waals surface area contributed by atoms with E-state index in [2.05, 4.69) is 23.6 Å². The van der Waals surface area contributed by atoms with Crippen molar-refractivity contribution in [1.29, 1.82) is 0 Å². The van der Waals surface area contributed by atoms with Gasteiger partial charge in [0.2, 0.25) is 0 Å². The van der Waals surface area contributed by atoms with Crippen LogP contribution in [0.25, 0.3) is 0 Å². The lowest BCUT2D eigenvalue weighted by molar-refractivity contribution is 0.190. The number of nitrogens with two attached hydrogens (primary N) is 1. The summed E-state index contributed by atoms with van der Waals surface area (Å²) >= 11 is 1.76. The van der Waals surface area contributed by atoms with Crippen LogP contribution in [0.3, 0.4) is 0 Å². The van der Waals surface area contributed by atoms with Gasteiger partial charge in [0.25, 0.3) is 0 Å². The monoisotopic (exact) mass is 245 g/mol. The molecule has 2 N–H and O–H groups in total. The molecule has 17 heavy (non-hydrogen) atoms. The van der Waals surface area contributed by atoms with Gasteiger partial charge in [-0.05, 0) is 29.5 Å². The molecule has 1 aliphatic rings. The Morgan fingerprint density at radius 1 is 1.24 bits per heavy atom. The predicted octanol–water partition coefficient (Wildman–Crippen LogP) is 2.62. The molecule has 3 rings (SSSR count). The Balaban J connectivity index is 1.82. The van der Waals surface area contributed by atoms with Gasteiger partial charge in [-0.2, -0.15) is 0 Å². The number of rotatable bonds is 2. The number of para-hydroxylation sites is 1. The standard InChI is InChI=1S/C14H15NOS/c15-14(9-12-5-3-7-17-12)8-11-4-1-2-6-13(11)16-10-14/h1-7H,8-10,15H2. The Hall–Kier alpha value is -1.32. The van der Waals surface area contributed by atoms with Crippen LogP contribution in [0.1, 0.15) is 10.4 Å². The first-order chi connectivity index (χ1) is 8.25. The molecule has 0 radical (unpaired) electrons. The number of hydrogen-bond donors (Lipinski definition) is 1. The van der Waals surface area contributed by atoms with Crippen molar-refractivity contribution in [2.24, 2.45) is 5.73 Å². The summed E-state index contributed by atoms with van der Waals surface area (Å²) in [5.74, 6) is 0.986. The second kappa shape index (κ2) is 4.17. The van der Waals surface area contributed by atoms with Crippen molar-refractivity contribution < 1.29 is 4.74 Å². The zero-order valence-corrected chi connectivity index (χ0v) is 10.4. The molecule has 0 aliphatic carbocycles. The van der Waals surface area contributed by atoms with E-state index in [0.717, 1.165) is 18.6 Å². The quantitative estimate of drug-likeness (QED) is 0.882. The molecule has 88 valence electrons. The molecule has 1 unspecified atom stereocenters. The van der Waals surface area contributed by atoms with E-state index in [1.165, 1.54) is 10.4 Å². The van der Waals surface area contributed by atoms with E-state index < -0.39 is 0 Å². The van der Waals surface area contributed by atoms with Gasteiger partial charge in [0, 0.05) is 11.3 Å². The van der Waals surface area contributed by atoms with E-state index in [9.17, 15) is 0 Å². The average Bonchev–Trinajstić information content (AvgIpc) is 2.81. The smallest absolute Gasteiger partial charge is 0.122 e. The maximum atomic E-state index is 6.45. The first-order valence-corrected chi connectivity index (χ1v) is 6.65. The largest absolute Gasteiger partial charge is 0.491 e. The van der Waals surface area contributed by atoms with Crippen molar-refractivity contribution in [2.45, 2.75) is 18.4 Å². The summed E-state index contributed by atoms with van der Waals surface area (Å²) in [4.78, 5) is 1.33. The third kappa shape index (κ3) is 2.21. The third-order valence-electron chi connectivity index (χ3n) is 3.14. The molecule has 2 heterocycles. The summed E-state index contributed by atoms with van der Waals surface area (Å²) in [6.07, 6.45) is 1.78. The Morgan fingerprint density at radius 3 is 2.94 bits per heavy atom. The van der Waals surface area contributed by atoms with E-state index in [4.69, 9.17) is 10.5 Å². The molecule has 1 aliphatic heterocycles. The van der Waals surface area contributed by atoms with Gasteiger partial charge in [-0.1, -0.05) is 24.3 Å². The lowest BCUT2D eigenvalue weighted by Crippen LogP contribution is -2.51. The van der Waals surface area contributed by atoms with Crippen LogP contribution < -0.4 is 10.5 Å². The second-order valence-electron chi connectivity index (χ2n) is 4.69. The lowest BCUT2D eigenvalue weighted by atomic mass is 9.86. The van der Waals surface area contributed by atoms with Gasteiger partial charge in [0.1, 0.15) is 12.4 Å². The summed E-state index contributed by atoms with van der Waals surface area (Å²) < 4.78 is 5.77. The zero-order valence-electron chi connectivity index (χ0n) is 9.56. The number of thiophene rings is 1. The van der Waals surface area contributed by atoms with E-state index in [-0.39, 0.29) is 5.54 Å². The molecule has 1 atom stereocenters. The van der Waals surface area contributed by atoms with Gasteiger partial charge in [0.05, 0.1) is 5.54 Å². The molecule has 1 aromatic heterocycles. The van der Waals surface area contributed by atoms with Gasteiger partial charge >= 0.3 is 0 Å². The van der Waals surface area contributed by atoms with Gasteiger partial charge in [-0.15, -0.1) is 11.3 Å². The maximum absolute atomic E-state index is 6.45. The van der Waals surface area contributed by atoms with E-state index in [0.29, 0.717) is 6.61 Å². The molecule has 0 saturated heterocycles. The van der Waals surface area contributed by atoms with Gasteiger partial charge in [0.15, 0.2) is 0 Å². The van der Waals surface area contributed by atoms with E-state index >= 15 is 0 Å². The minimum atomic E-state index is -0.265. The Labute approximate surface area is 105 Å². The molecule has 2 aromatic rings. The lowest BCUT2D eigenvalue weighted by Gasteiger charge is -2.34. The van der Waals surface area contributed by atoms with Crippen molar-refractivity contribution >= 4 is 11.3 Å². The van der Waals surface area contributed by atoms with Crippen LogP contribution in [0.2, 0.25) is 0 Å². The number of ether oxygens (including phenoxy) is 1. The second-order valence-corrected chi connectivity index (χ2v) is 5.72. The summed E-state index contributed by atoms with van der Waals surface area (Å²) in [6, 6.07) is 12.4. The number of benzene rings is 1. The zero-order chi connectivity index (χ0) is 11.7. The normalized spacial score (nSPS) is 22.9. The predicted molar refractivity (Wildman–Crippen MR) is 70.6 cm³/mol.